The highest BCUT2D eigenvalue weighted by atomic mass is 127. The second-order valence-electron chi connectivity index (χ2n) is 6.81. The van der Waals surface area contributed by atoms with Gasteiger partial charge in [-0.25, -0.2) is 4.79 Å². The average molecular weight is 499 g/mol. The van der Waals surface area contributed by atoms with E-state index in [0.29, 0.717) is 12.0 Å². The number of esters is 1. The lowest BCUT2D eigenvalue weighted by atomic mass is 9.82. The summed E-state index contributed by atoms with van der Waals surface area (Å²) in [6, 6.07) is 6.23. The molecule has 0 spiro atoms. The maximum absolute atomic E-state index is 13.4. The van der Waals surface area contributed by atoms with Gasteiger partial charge >= 0.3 is 5.97 Å². The Morgan fingerprint density at radius 1 is 1.36 bits per heavy atom. The first-order chi connectivity index (χ1) is 13.4. The molecule has 150 valence electrons. The number of ether oxygens (including phenoxy) is 3. The number of carbonyl (C=O) groups excluding carboxylic acids is 3. The van der Waals surface area contributed by atoms with Crippen molar-refractivity contribution in [2.45, 2.75) is 34.6 Å². The minimum Gasteiger partial charge on any atom is -0.497 e. The number of nitrogens with zero attached hydrogens (tertiary/aromatic N) is 1. The smallest absolute Gasteiger partial charge is 0.331 e. The molecule has 2 heterocycles. The number of halogens is 1. The summed E-state index contributed by atoms with van der Waals surface area (Å²) in [7, 11) is 2.84. The predicted molar refractivity (Wildman–Crippen MR) is 109 cm³/mol. The molecule has 28 heavy (non-hydrogen) atoms. The van der Waals surface area contributed by atoms with Crippen LogP contribution in [0.25, 0.3) is 0 Å². The van der Waals surface area contributed by atoms with Crippen LogP contribution in [-0.2, 0) is 30.4 Å². The van der Waals surface area contributed by atoms with Gasteiger partial charge in [-0.15, -0.1) is 6.58 Å². The summed E-state index contributed by atoms with van der Waals surface area (Å²) in [6.07, 6.45) is 1.80. The largest absolute Gasteiger partial charge is 0.497 e. The van der Waals surface area contributed by atoms with Crippen LogP contribution in [0.5, 0.6) is 5.75 Å². The minimum atomic E-state index is -1.26. The van der Waals surface area contributed by atoms with Gasteiger partial charge in [0.15, 0.2) is 6.04 Å². The van der Waals surface area contributed by atoms with Gasteiger partial charge in [0.05, 0.1) is 30.2 Å². The Morgan fingerprint density at radius 2 is 2.04 bits per heavy atom. The number of hydrogen-bond acceptors (Lipinski definition) is 6. The second kappa shape index (κ2) is 8.20. The number of fused-ring (bicyclic) bond motifs is 1. The molecule has 2 saturated heterocycles. The van der Waals surface area contributed by atoms with Crippen molar-refractivity contribution in [1.82, 2.24) is 4.90 Å². The Kier molecular flexibility index (Phi) is 6.09. The molecular formula is C20H22INO6. The maximum Gasteiger partial charge on any atom is 0.331 e. The molecule has 7 nitrogen and oxygen atoms in total. The van der Waals surface area contributed by atoms with Gasteiger partial charge in [-0.05, 0) is 17.7 Å². The van der Waals surface area contributed by atoms with Gasteiger partial charge in [-0.2, -0.15) is 0 Å². The number of alkyl halides is 1. The van der Waals surface area contributed by atoms with E-state index < -0.39 is 29.6 Å². The van der Waals surface area contributed by atoms with Crippen molar-refractivity contribution >= 4 is 40.8 Å². The van der Waals surface area contributed by atoms with Gasteiger partial charge in [-0.1, -0.05) is 40.8 Å². The molecule has 0 unspecified atom stereocenters. The van der Waals surface area contributed by atoms with Gasteiger partial charge in [0.25, 0.3) is 0 Å². The first-order valence-electron chi connectivity index (χ1n) is 8.82. The summed E-state index contributed by atoms with van der Waals surface area (Å²) in [5.74, 6) is -0.764. The van der Waals surface area contributed by atoms with Crippen LogP contribution in [0, 0.1) is 5.92 Å². The molecule has 3 rings (SSSR count). The summed E-state index contributed by atoms with van der Waals surface area (Å²) in [5.41, 5.74) is -0.433. The summed E-state index contributed by atoms with van der Waals surface area (Å²) >= 11 is 2.14. The maximum atomic E-state index is 13.4. The third-order valence-corrected chi connectivity index (χ3v) is 6.84. The van der Waals surface area contributed by atoms with Crippen molar-refractivity contribution in [2.75, 3.05) is 14.2 Å². The molecule has 1 amide bonds. The highest BCUT2D eigenvalue weighted by molar-refractivity contribution is 14.1. The molecule has 0 saturated carbocycles. The number of rotatable bonds is 7. The quantitative estimate of drug-likeness (QED) is 0.188. The zero-order valence-corrected chi connectivity index (χ0v) is 17.8. The van der Waals surface area contributed by atoms with Crippen LogP contribution in [0.4, 0.5) is 0 Å². The molecule has 8 heteroatoms. The highest BCUT2D eigenvalue weighted by Crippen LogP contribution is 2.52. The molecular weight excluding hydrogens is 477 g/mol. The average Bonchev–Trinajstić information content (AvgIpc) is 3.11. The predicted octanol–water partition coefficient (Wildman–Crippen LogP) is 1.91. The first kappa shape index (κ1) is 20.8. The molecule has 0 aromatic heterocycles. The van der Waals surface area contributed by atoms with Crippen LogP contribution in [0.15, 0.2) is 36.9 Å². The number of likely N-dealkylation sites (tertiary alicyclic amines) is 1. The van der Waals surface area contributed by atoms with Crippen LogP contribution in [0.2, 0.25) is 0 Å². The normalized spacial score (nSPS) is 31.4. The van der Waals surface area contributed by atoms with Gasteiger partial charge in [0.2, 0.25) is 5.91 Å². The minimum absolute atomic E-state index is 0.0773. The van der Waals surface area contributed by atoms with E-state index in [2.05, 4.69) is 29.2 Å². The number of aldehydes is 1. The van der Waals surface area contributed by atoms with E-state index in [1.165, 1.54) is 12.0 Å². The molecule has 0 aliphatic carbocycles. The number of hydrogen-bond donors (Lipinski definition) is 0. The van der Waals surface area contributed by atoms with Crippen molar-refractivity contribution < 1.29 is 28.6 Å². The molecule has 2 aliphatic rings. The zero-order chi connectivity index (χ0) is 20.5. The number of benzene rings is 1. The Labute approximate surface area is 177 Å². The Balaban J connectivity index is 2.02. The third-order valence-electron chi connectivity index (χ3n) is 5.41. The Hall–Kier alpha value is -1.94. The summed E-state index contributed by atoms with van der Waals surface area (Å²) < 4.78 is 16.1. The summed E-state index contributed by atoms with van der Waals surface area (Å²) in [5, 5.41) is 0. The lowest BCUT2D eigenvalue weighted by molar-refractivity contribution is -0.160. The van der Waals surface area contributed by atoms with Gasteiger partial charge in [0, 0.05) is 13.0 Å². The fourth-order valence-electron chi connectivity index (χ4n) is 4.13. The van der Waals surface area contributed by atoms with E-state index in [-0.39, 0.29) is 22.8 Å². The Bertz CT molecular complexity index is 781. The van der Waals surface area contributed by atoms with Crippen molar-refractivity contribution in [3.8, 4) is 5.75 Å². The van der Waals surface area contributed by atoms with E-state index in [1.54, 1.807) is 25.3 Å². The highest BCUT2D eigenvalue weighted by Gasteiger charge is 2.69. The van der Waals surface area contributed by atoms with Crippen LogP contribution in [-0.4, -0.2) is 59.0 Å². The van der Waals surface area contributed by atoms with E-state index in [9.17, 15) is 14.4 Å². The van der Waals surface area contributed by atoms with Gasteiger partial charge < -0.3 is 23.9 Å². The molecule has 0 radical (unpaired) electrons. The van der Waals surface area contributed by atoms with Gasteiger partial charge in [0.1, 0.15) is 17.6 Å². The Morgan fingerprint density at radius 3 is 2.57 bits per heavy atom. The molecule has 0 bridgehead atoms. The standard InChI is InChI=1S/C20H22INO6/c1-4-14-16(21)15-18(24)22(11-12-5-7-13(26-2)8-6-12)17(19(25)27-3)20(15,28-14)9-10-23/h4-8,10,14-17H,1,9,11H2,2-3H3/t14-,15+,16-,17-,20+/m0/s1. The zero-order valence-electron chi connectivity index (χ0n) is 15.7. The molecule has 1 aromatic rings. The van der Waals surface area contributed by atoms with Crippen molar-refractivity contribution in [3.63, 3.8) is 0 Å². The van der Waals surface area contributed by atoms with E-state index >= 15 is 0 Å². The fourth-order valence-corrected chi connectivity index (χ4v) is 5.49. The molecule has 2 fully saturated rings. The number of methoxy groups -OCH3 is 2. The van der Waals surface area contributed by atoms with E-state index in [4.69, 9.17) is 14.2 Å². The topological polar surface area (TPSA) is 82.1 Å². The van der Waals surface area contributed by atoms with Crippen LogP contribution < -0.4 is 4.74 Å². The number of carbonyl (C=O) groups is 3. The molecule has 5 atom stereocenters. The second-order valence-corrected chi connectivity index (χ2v) is 8.24. The van der Waals surface area contributed by atoms with Gasteiger partial charge in [-0.3, -0.25) is 4.79 Å². The lowest BCUT2D eigenvalue weighted by Gasteiger charge is -2.34. The van der Waals surface area contributed by atoms with E-state index in [0.717, 1.165) is 5.56 Å². The lowest BCUT2D eigenvalue weighted by Crippen LogP contribution is -2.52. The SMILES string of the molecule is C=C[C@@H]1O[C@@]2(CC=O)[C@H](C(=O)OC)N(Cc3ccc(OC)cc3)C(=O)[C@H]2[C@H]1I. The summed E-state index contributed by atoms with van der Waals surface area (Å²) in [6.45, 7) is 3.96. The monoisotopic (exact) mass is 499 g/mol. The van der Waals surface area contributed by atoms with Crippen LogP contribution >= 0.6 is 22.6 Å². The summed E-state index contributed by atoms with van der Waals surface area (Å²) in [4.78, 5) is 39.0. The van der Waals surface area contributed by atoms with Crippen molar-refractivity contribution in [2.24, 2.45) is 5.92 Å². The van der Waals surface area contributed by atoms with E-state index in [1.807, 2.05) is 12.1 Å². The fraction of sp³-hybridized carbons (Fsp3) is 0.450. The van der Waals surface area contributed by atoms with Crippen LogP contribution in [0.3, 0.4) is 0 Å². The molecule has 2 aliphatic heterocycles. The molecule has 0 N–H and O–H groups in total. The van der Waals surface area contributed by atoms with Crippen molar-refractivity contribution in [3.05, 3.63) is 42.5 Å². The first-order valence-corrected chi connectivity index (χ1v) is 10.1. The third kappa shape index (κ3) is 3.22. The number of amides is 1. The van der Waals surface area contributed by atoms with Crippen LogP contribution in [0.1, 0.15) is 12.0 Å². The molecule has 1 aromatic carbocycles. The van der Waals surface area contributed by atoms with Crippen molar-refractivity contribution in [1.29, 1.82) is 0 Å².